The summed E-state index contributed by atoms with van der Waals surface area (Å²) in [4.78, 5) is 0. The molecule has 4 aliphatic carbocycles. The fourth-order valence-electron chi connectivity index (χ4n) is 8.65. The topological polar surface area (TPSA) is 26.0 Å². The van der Waals surface area contributed by atoms with E-state index in [-0.39, 0.29) is 0 Å². The van der Waals surface area contributed by atoms with Crippen LogP contribution in [0.15, 0.2) is 35.2 Å². The summed E-state index contributed by atoms with van der Waals surface area (Å²) in [5.41, 5.74) is 5.23. The number of hydrogen-bond acceptors (Lipinski definition) is 2. The largest absolute Gasteiger partial charge is 0.365 e. The summed E-state index contributed by atoms with van der Waals surface area (Å²) in [6.07, 6.45) is 16.9. The van der Waals surface area contributed by atoms with Gasteiger partial charge in [0.1, 0.15) is 6.26 Å². The van der Waals surface area contributed by atoms with Crippen molar-refractivity contribution in [3.05, 3.63) is 36.4 Å². The van der Waals surface area contributed by atoms with Crippen molar-refractivity contribution in [3.8, 4) is 0 Å². The fourth-order valence-corrected chi connectivity index (χ4v) is 8.65. The lowest BCUT2D eigenvalue weighted by atomic mass is 9.45. The maximum absolute atomic E-state index is 5.27. The first-order valence-corrected chi connectivity index (χ1v) is 11.3. The molecular formula is C25H35NO. The Labute approximate surface area is 164 Å². The minimum absolute atomic E-state index is 0.341. The van der Waals surface area contributed by atoms with Crippen LogP contribution in [0.2, 0.25) is 0 Å². The molecule has 4 aliphatic rings. The van der Waals surface area contributed by atoms with Crippen LogP contribution < -0.4 is 0 Å². The number of fused-ring (bicyclic) bond motifs is 5. The molecule has 0 bridgehead atoms. The molecule has 0 radical (unpaired) electrons. The second-order valence-corrected chi connectivity index (χ2v) is 10.6. The first-order chi connectivity index (χ1) is 13.1. The van der Waals surface area contributed by atoms with Crippen LogP contribution >= 0.6 is 0 Å². The maximum atomic E-state index is 5.27. The van der Waals surface area contributed by atoms with Gasteiger partial charge in [-0.05, 0) is 91.4 Å². The van der Waals surface area contributed by atoms with Gasteiger partial charge in [-0.15, -0.1) is 5.73 Å². The first-order valence-electron chi connectivity index (χ1n) is 11.3. The van der Waals surface area contributed by atoms with Gasteiger partial charge in [0.25, 0.3) is 0 Å². The number of allylic oxidation sites excluding steroid dienone is 1. The van der Waals surface area contributed by atoms with Crippen LogP contribution in [0.1, 0.15) is 83.2 Å². The summed E-state index contributed by atoms with van der Waals surface area (Å²) in [5, 5.41) is 4.41. The van der Waals surface area contributed by atoms with Crippen molar-refractivity contribution in [2.24, 2.45) is 40.4 Å². The normalized spacial score (nSPS) is 48.8. The molecule has 2 heteroatoms. The van der Waals surface area contributed by atoms with Gasteiger partial charge < -0.3 is 4.52 Å². The Kier molecular flexibility index (Phi) is 4.20. The standard InChI is InChI=1S/C25H35NO/c1-4-7-17-16-21-19-10-9-18-8-5-6-13-24(18,2)20(19)11-14-25(21,3)23(17)22-12-15-27-26-22/h7,12,15,17-21,23H,1,5-6,8-11,13-14,16H2,2-3H3/t17?,18-,19-,20+,21+,23?,24+,25+/m1/s1. The zero-order valence-electron chi connectivity index (χ0n) is 17.1. The highest BCUT2D eigenvalue weighted by molar-refractivity contribution is 5.23. The van der Waals surface area contributed by atoms with Gasteiger partial charge in [-0.2, -0.15) is 0 Å². The number of nitrogens with zero attached hydrogens (tertiary/aromatic N) is 1. The molecule has 1 heterocycles. The van der Waals surface area contributed by atoms with Gasteiger partial charge >= 0.3 is 0 Å². The minimum atomic E-state index is 0.341. The van der Waals surface area contributed by atoms with Crippen LogP contribution in [-0.2, 0) is 0 Å². The van der Waals surface area contributed by atoms with Gasteiger partial charge in [0.15, 0.2) is 0 Å². The summed E-state index contributed by atoms with van der Waals surface area (Å²) in [7, 11) is 0. The molecular weight excluding hydrogens is 330 g/mol. The van der Waals surface area contributed by atoms with Gasteiger partial charge in [0, 0.05) is 12.0 Å². The second-order valence-electron chi connectivity index (χ2n) is 10.6. The highest BCUT2D eigenvalue weighted by atomic mass is 16.5. The van der Waals surface area contributed by atoms with E-state index in [1.807, 2.05) is 0 Å². The van der Waals surface area contributed by atoms with E-state index in [1.54, 1.807) is 6.26 Å². The van der Waals surface area contributed by atoms with E-state index >= 15 is 0 Å². The van der Waals surface area contributed by atoms with Crippen molar-refractivity contribution >= 4 is 0 Å². The lowest BCUT2D eigenvalue weighted by Gasteiger charge is -2.60. The zero-order valence-corrected chi connectivity index (χ0v) is 17.1. The molecule has 5 rings (SSSR count). The Hall–Kier alpha value is -1.27. The lowest BCUT2D eigenvalue weighted by Crippen LogP contribution is -2.52. The van der Waals surface area contributed by atoms with Crippen LogP contribution in [0.3, 0.4) is 0 Å². The summed E-state index contributed by atoms with van der Waals surface area (Å²) in [6.45, 7) is 9.14. The van der Waals surface area contributed by atoms with Crippen LogP contribution in [0, 0.1) is 40.4 Å². The molecule has 2 unspecified atom stereocenters. The molecule has 0 amide bonds. The van der Waals surface area contributed by atoms with Gasteiger partial charge in [-0.25, -0.2) is 0 Å². The van der Waals surface area contributed by atoms with Crippen molar-refractivity contribution in [2.45, 2.75) is 77.6 Å². The minimum Gasteiger partial charge on any atom is -0.365 e. The lowest BCUT2D eigenvalue weighted by molar-refractivity contribution is -0.106. The van der Waals surface area contributed by atoms with Gasteiger partial charge in [-0.1, -0.05) is 38.4 Å². The highest BCUT2D eigenvalue weighted by Crippen LogP contribution is 2.70. The van der Waals surface area contributed by atoms with E-state index in [2.05, 4.69) is 43.5 Å². The maximum Gasteiger partial charge on any atom is 0.124 e. The van der Waals surface area contributed by atoms with E-state index in [4.69, 9.17) is 4.52 Å². The first kappa shape index (κ1) is 17.8. The predicted octanol–water partition coefficient (Wildman–Crippen LogP) is 6.76. The van der Waals surface area contributed by atoms with Crippen molar-refractivity contribution in [1.29, 1.82) is 0 Å². The van der Waals surface area contributed by atoms with Crippen LogP contribution in [0.4, 0.5) is 0 Å². The quantitative estimate of drug-likeness (QED) is 0.541. The van der Waals surface area contributed by atoms with E-state index in [9.17, 15) is 0 Å². The third-order valence-corrected chi connectivity index (χ3v) is 9.79. The number of rotatable bonds is 2. The van der Waals surface area contributed by atoms with Crippen LogP contribution in [0.5, 0.6) is 0 Å². The summed E-state index contributed by atoms with van der Waals surface area (Å²) in [5.74, 6) is 4.63. The monoisotopic (exact) mass is 365 g/mol. The van der Waals surface area contributed by atoms with E-state index in [0.29, 0.717) is 22.7 Å². The molecule has 27 heavy (non-hydrogen) atoms. The Morgan fingerprint density at radius 1 is 1.11 bits per heavy atom. The van der Waals surface area contributed by atoms with Gasteiger partial charge in [0.2, 0.25) is 0 Å². The Morgan fingerprint density at radius 3 is 2.78 bits per heavy atom. The van der Waals surface area contributed by atoms with E-state index < -0.39 is 0 Å². The fraction of sp³-hybridized carbons (Fsp3) is 0.760. The average Bonchev–Trinajstić information content (AvgIpc) is 3.26. The smallest absolute Gasteiger partial charge is 0.124 e. The molecule has 4 saturated carbocycles. The van der Waals surface area contributed by atoms with Crippen LogP contribution in [-0.4, -0.2) is 5.16 Å². The Morgan fingerprint density at radius 2 is 2.00 bits per heavy atom. The summed E-state index contributed by atoms with van der Waals surface area (Å²) >= 11 is 0. The van der Waals surface area contributed by atoms with E-state index in [1.165, 1.54) is 57.8 Å². The summed E-state index contributed by atoms with van der Waals surface area (Å²) < 4.78 is 5.27. The molecule has 0 saturated heterocycles. The van der Waals surface area contributed by atoms with Crippen molar-refractivity contribution in [3.63, 3.8) is 0 Å². The molecule has 0 aliphatic heterocycles. The molecule has 2 nitrogen and oxygen atoms in total. The predicted molar refractivity (Wildman–Crippen MR) is 108 cm³/mol. The third kappa shape index (κ3) is 2.48. The molecule has 0 N–H and O–H groups in total. The molecule has 1 aromatic heterocycles. The molecule has 4 fully saturated rings. The van der Waals surface area contributed by atoms with Crippen molar-refractivity contribution in [2.75, 3.05) is 0 Å². The van der Waals surface area contributed by atoms with E-state index in [0.717, 1.165) is 29.4 Å². The van der Waals surface area contributed by atoms with Gasteiger partial charge in [-0.3, -0.25) is 0 Å². The molecule has 146 valence electrons. The van der Waals surface area contributed by atoms with Crippen molar-refractivity contribution < 1.29 is 4.52 Å². The second kappa shape index (κ2) is 6.38. The highest BCUT2D eigenvalue weighted by Gasteiger charge is 2.62. The SMILES string of the molecule is C=C=CC1C[C@H]2[C@@H]3CC[C@H]4CCCC[C@]4(C)[C@H]3CC[C@]2(C)C1c1ccon1. The van der Waals surface area contributed by atoms with Crippen LogP contribution in [0.25, 0.3) is 0 Å². The average molecular weight is 366 g/mol. The Bertz CT molecular complexity index is 732. The Balaban J connectivity index is 1.51. The summed E-state index contributed by atoms with van der Waals surface area (Å²) in [6, 6.07) is 2.10. The number of hydrogen-bond donors (Lipinski definition) is 0. The van der Waals surface area contributed by atoms with Crippen molar-refractivity contribution in [1.82, 2.24) is 5.16 Å². The molecule has 8 atom stereocenters. The van der Waals surface area contributed by atoms with Gasteiger partial charge in [0.05, 0.1) is 5.69 Å². The molecule has 0 aromatic carbocycles. The zero-order chi connectivity index (χ0) is 18.6. The molecule has 0 spiro atoms. The molecule has 1 aromatic rings. The number of aromatic nitrogens is 1. The third-order valence-electron chi connectivity index (χ3n) is 9.79.